The highest BCUT2D eigenvalue weighted by molar-refractivity contribution is 6.23. The number of piperidine rings is 1. The molecule has 9 nitrogen and oxygen atoms in total. The van der Waals surface area contributed by atoms with Crippen molar-refractivity contribution in [1.29, 1.82) is 0 Å². The van der Waals surface area contributed by atoms with Crippen LogP contribution in [0.15, 0.2) is 24.3 Å². The van der Waals surface area contributed by atoms with Crippen LogP contribution in [0, 0.1) is 0 Å². The maximum Gasteiger partial charge on any atom is 0.325 e. The molecule has 9 heteroatoms. The molecule has 1 aromatic carbocycles. The Balaban J connectivity index is 1.91. The second-order valence-electron chi connectivity index (χ2n) is 7.65. The van der Waals surface area contributed by atoms with Gasteiger partial charge in [0.1, 0.15) is 11.6 Å². The summed E-state index contributed by atoms with van der Waals surface area (Å²) in [5.74, 6) is -3.54. The molecular weight excluding hydrogens is 390 g/mol. The number of aliphatic carboxylic acids is 1. The minimum absolute atomic E-state index is 0.0225. The number of benzene rings is 1. The summed E-state index contributed by atoms with van der Waals surface area (Å²) >= 11 is 0. The Labute approximate surface area is 174 Å². The zero-order chi connectivity index (χ0) is 22.2. The maximum atomic E-state index is 13.2. The van der Waals surface area contributed by atoms with Crippen molar-refractivity contribution in [3.8, 4) is 0 Å². The SMILES string of the molecule is CCN(CC)[C@@](C)(CN1C(=O)CCC(N2C(=O)c3ccccc3C2=O)C1=O)C(=O)O. The van der Waals surface area contributed by atoms with Crippen LogP contribution in [-0.2, 0) is 14.4 Å². The van der Waals surface area contributed by atoms with Crippen molar-refractivity contribution in [2.75, 3.05) is 19.6 Å². The van der Waals surface area contributed by atoms with Gasteiger partial charge in [-0.1, -0.05) is 26.0 Å². The first-order chi connectivity index (χ1) is 14.2. The zero-order valence-electron chi connectivity index (χ0n) is 17.3. The Morgan fingerprint density at radius 2 is 1.63 bits per heavy atom. The van der Waals surface area contributed by atoms with E-state index in [1.807, 2.05) is 0 Å². The highest BCUT2D eigenvalue weighted by Crippen LogP contribution is 2.30. The van der Waals surface area contributed by atoms with Crippen LogP contribution in [0.25, 0.3) is 0 Å². The maximum absolute atomic E-state index is 13.2. The number of likely N-dealkylation sites (N-methyl/N-ethyl adjacent to an activating group) is 1. The average Bonchev–Trinajstić information content (AvgIpc) is 2.97. The third-order valence-electron chi connectivity index (χ3n) is 6.01. The highest BCUT2D eigenvalue weighted by Gasteiger charge is 2.50. The minimum Gasteiger partial charge on any atom is -0.480 e. The summed E-state index contributed by atoms with van der Waals surface area (Å²) in [6.07, 6.45) is -0.0353. The summed E-state index contributed by atoms with van der Waals surface area (Å²) in [4.78, 5) is 66.8. The van der Waals surface area contributed by atoms with Crippen LogP contribution in [-0.4, -0.2) is 80.6 Å². The van der Waals surface area contributed by atoms with Crippen molar-refractivity contribution in [2.24, 2.45) is 0 Å². The van der Waals surface area contributed by atoms with Gasteiger partial charge in [0.25, 0.3) is 17.7 Å². The standard InChI is InChI=1S/C21H25N3O6/c1-4-22(5-2)21(3,20(29)30)12-23-16(25)11-10-15(19(23)28)24-17(26)13-8-6-7-9-14(13)18(24)27/h6-9,15H,4-5,10-12H2,1-3H3,(H,29,30)/t15?,21-/m0/s1. The predicted octanol–water partition coefficient (Wildman–Crippen LogP) is 0.985. The van der Waals surface area contributed by atoms with E-state index in [2.05, 4.69) is 0 Å². The molecule has 2 atom stereocenters. The van der Waals surface area contributed by atoms with Gasteiger partial charge in [-0.3, -0.25) is 38.7 Å². The van der Waals surface area contributed by atoms with Gasteiger partial charge in [-0.25, -0.2) is 0 Å². The predicted molar refractivity (Wildman–Crippen MR) is 106 cm³/mol. The third kappa shape index (κ3) is 3.28. The van der Waals surface area contributed by atoms with Crippen LogP contribution >= 0.6 is 0 Å². The Hall–Kier alpha value is -3.07. The van der Waals surface area contributed by atoms with Gasteiger partial charge in [-0.2, -0.15) is 0 Å². The molecule has 1 saturated heterocycles. The number of nitrogens with zero attached hydrogens (tertiary/aromatic N) is 3. The molecule has 3 rings (SSSR count). The number of hydrogen-bond donors (Lipinski definition) is 1. The molecule has 0 spiro atoms. The number of carboxylic acid groups (broad SMARTS) is 1. The van der Waals surface area contributed by atoms with Gasteiger partial charge in [0.2, 0.25) is 5.91 Å². The van der Waals surface area contributed by atoms with Crippen LogP contribution in [0.2, 0.25) is 0 Å². The second kappa shape index (κ2) is 7.98. The Morgan fingerprint density at radius 1 is 1.10 bits per heavy atom. The van der Waals surface area contributed by atoms with Gasteiger partial charge in [-0.15, -0.1) is 0 Å². The van der Waals surface area contributed by atoms with Crippen molar-refractivity contribution in [3.63, 3.8) is 0 Å². The molecule has 30 heavy (non-hydrogen) atoms. The van der Waals surface area contributed by atoms with Crippen LogP contribution in [0.3, 0.4) is 0 Å². The summed E-state index contributed by atoms with van der Waals surface area (Å²) < 4.78 is 0. The smallest absolute Gasteiger partial charge is 0.325 e. The van der Waals surface area contributed by atoms with Crippen molar-refractivity contribution in [2.45, 2.75) is 45.2 Å². The van der Waals surface area contributed by atoms with Crippen molar-refractivity contribution < 1.29 is 29.1 Å². The molecule has 0 saturated carbocycles. The average molecular weight is 415 g/mol. The molecular formula is C21H25N3O6. The van der Waals surface area contributed by atoms with Gasteiger partial charge in [0, 0.05) is 6.42 Å². The fourth-order valence-corrected chi connectivity index (χ4v) is 4.25. The molecule has 1 aromatic rings. The van der Waals surface area contributed by atoms with E-state index in [-0.39, 0.29) is 30.5 Å². The third-order valence-corrected chi connectivity index (χ3v) is 6.01. The minimum atomic E-state index is -1.49. The molecule has 0 aliphatic carbocycles. The van der Waals surface area contributed by atoms with Crippen LogP contribution in [0.5, 0.6) is 0 Å². The van der Waals surface area contributed by atoms with Crippen molar-refractivity contribution in [1.82, 2.24) is 14.7 Å². The van der Waals surface area contributed by atoms with Crippen molar-refractivity contribution in [3.05, 3.63) is 35.4 Å². The van der Waals surface area contributed by atoms with E-state index >= 15 is 0 Å². The van der Waals surface area contributed by atoms with Crippen LogP contribution < -0.4 is 0 Å². The lowest BCUT2D eigenvalue weighted by atomic mass is 9.95. The summed E-state index contributed by atoms with van der Waals surface area (Å²) in [7, 11) is 0. The number of carbonyl (C=O) groups is 5. The molecule has 2 heterocycles. The van der Waals surface area contributed by atoms with Crippen molar-refractivity contribution >= 4 is 29.6 Å². The molecule has 0 aromatic heterocycles. The number of imide groups is 2. The van der Waals surface area contributed by atoms with E-state index in [4.69, 9.17) is 0 Å². The Kier molecular flexibility index (Phi) is 5.76. The molecule has 160 valence electrons. The van der Waals surface area contributed by atoms with E-state index in [0.29, 0.717) is 13.1 Å². The number of fused-ring (bicyclic) bond motifs is 1. The Bertz CT molecular complexity index is 890. The largest absolute Gasteiger partial charge is 0.480 e. The first-order valence-electron chi connectivity index (χ1n) is 9.96. The van der Waals surface area contributed by atoms with E-state index in [0.717, 1.165) is 9.80 Å². The molecule has 1 unspecified atom stereocenters. The zero-order valence-corrected chi connectivity index (χ0v) is 17.3. The molecule has 1 N–H and O–H groups in total. The number of hydrogen-bond acceptors (Lipinski definition) is 6. The topological polar surface area (TPSA) is 115 Å². The van der Waals surface area contributed by atoms with E-state index < -0.39 is 41.2 Å². The van der Waals surface area contributed by atoms with Gasteiger partial charge < -0.3 is 5.11 Å². The molecule has 1 fully saturated rings. The van der Waals surface area contributed by atoms with Gasteiger partial charge in [0.05, 0.1) is 17.7 Å². The summed E-state index contributed by atoms with van der Waals surface area (Å²) in [6, 6.07) is 5.18. The lowest BCUT2D eigenvalue weighted by Gasteiger charge is -2.42. The number of carbonyl (C=O) groups excluding carboxylic acids is 4. The Morgan fingerprint density at radius 3 is 2.10 bits per heavy atom. The summed E-state index contributed by atoms with van der Waals surface area (Å²) in [5.41, 5.74) is -1.05. The van der Waals surface area contributed by atoms with E-state index in [9.17, 15) is 29.1 Å². The quantitative estimate of drug-likeness (QED) is 0.660. The fraction of sp³-hybridized carbons (Fsp3) is 0.476. The molecule has 4 amide bonds. The number of amides is 4. The van der Waals surface area contributed by atoms with Gasteiger partial charge in [0.15, 0.2) is 0 Å². The van der Waals surface area contributed by atoms with Crippen LogP contribution in [0.4, 0.5) is 0 Å². The molecule has 0 radical (unpaired) electrons. The number of likely N-dealkylation sites (tertiary alicyclic amines) is 1. The lowest BCUT2D eigenvalue weighted by molar-refractivity contribution is -0.160. The number of carboxylic acids is 1. The van der Waals surface area contributed by atoms with E-state index in [1.54, 1.807) is 30.9 Å². The normalized spacial score (nSPS) is 21.3. The van der Waals surface area contributed by atoms with Gasteiger partial charge in [-0.05, 0) is 38.6 Å². The summed E-state index contributed by atoms with van der Waals surface area (Å²) in [5, 5.41) is 9.84. The monoisotopic (exact) mass is 415 g/mol. The van der Waals surface area contributed by atoms with Crippen LogP contribution in [0.1, 0.15) is 54.3 Å². The highest BCUT2D eigenvalue weighted by atomic mass is 16.4. The second-order valence-corrected chi connectivity index (χ2v) is 7.65. The first-order valence-corrected chi connectivity index (χ1v) is 9.96. The summed E-state index contributed by atoms with van der Waals surface area (Å²) in [6.45, 7) is 5.53. The first kappa shape index (κ1) is 21.6. The lowest BCUT2D eigenvalue weighted by Crippen LogP contribution is -2.64. The molecule has 2 aliphatic rings. The van der Waals surface area contributed by atoms with Gasteiger partial charge >= 0.3 is 5.97 Å². The fourth-order valence-electron chi connectivity index (χ4n) is 4.25. The molecule has 2 aliphatic heterocycles. The molecule has 0 bridgehead atoms. The number of rotatable bonds is 7. The van der Waals surface area contributed by atoms with E-state index in [1.165, 1.54) is 19.1 Å².